The van der Waals surface area contributed by atoms with Gasteiger partial charge in [0.25, 0.3) is 0 Å². The number of nitrogens with zero attached hydrogens (tertiary/aromatic N) is 2. The van der Waals surface area contributed by atoms with Crippen LogP contribution in [0.1, 0.15) is 69.2 Å². The Morgan fingerprint density at radius 3 is 2.53 bits per heavy atom. The molecule has 0 radical (unpaired) electrons. The van der Waals surface area contributed by atoms with Crippen molar-refractivity contribution in [2.24, 2.45) is 5.92 Å². The molecule has 0 aliphatic rings. The van der Waals surface area contributed by atoms with E-state index in [-0.39, 0.29) is 11.2 Å². The van der Waals surface area contributed by atoms with Gasteiger partial charge in [-0.2, -0.15) is 0 Å². The molecule has 1 rings (SSSR count). The van der Waals surface area contributed by atoms with Crippen molar-refractivity contribution in [2.45, 2.75) is 59.3 Å². The van der Waals surface area contributed by atoms with E-state index < -0.39 is 0 Å². The summed E-state index contributed by atoms with van der Waals surface area (Å²) in [5, 5.41) is 4.10. The Bertz CT molecular complexity index is 377. The predicted octanol–water partition coefficient (Wildman–Crippen LogP) is 3.84. The second-order valence-corrected chi connectivity index (χ2v) is 6.66. The highest BCUT2D eigenvalue weighted by atomic mass is 32.1. The van der Waals surface area contributed by atoms with Crippen LogP contribution < -0.4 is 0 Å². The predicted molar refractivity (Wildman–Crippen MR) is 71.6 cm³/mol. The molecule has 0 bridgehead atoms. The minimum Gasteiger partial charge on any atom is -0.293 e. The van der Waals surface area contributed by atoms with E-state index in [1.807, 2.05) is 0 Å². The third-order valence-corrected chi connectivity index (χ3v) is 3.40. The molecule has 0 unspecified atom stereocenters. The molecule has 0 atom stereocenters. The monoisotopic (exact) mass is 254 g/mol. The van der Waals surface area contributed by atoms with Crippen molar-refractivity contribution in [3.8, 4) is 0 Å². The van der Waals surface area contributed by atoms with Gasteiger partial charge in [-0.25, -0.2) is 0 Å². The Labute approximate surface area is 108 Å². The summed E-state index contributed by atoms with van der Waals surface area (Å²) < 4.78 is 3.92. The Hall–Kier alpha value is -0.770. The van der Waals surface area contributed by atoms with Crippen molar-refractivity contribution in [3.05, 3.63) is 10.6 Å². The third kappa shape index (κ3) is 4.19. The van der Waals surface area contributed by atoms with Gasteiger partial charge in [0.15, 0.2) is 5.78 Å². The van der Waals surface area contributed by atoms with Gasteiger partial charge in [0.1, 0.15) is 4.88 Å². The molecule has 1 aromatic heterocycles. The van der Waals surface area contributed by atoms with Gasteiger partial charge in [-0.1, -0.05) is 45.5 Å². The highest BCUT2D eigenvalue weighted by molar-refractivity contribution is 7.08. The molecule has 0 saturated carbocycles. The maximum absolute atomic E-state index is 12.1. The summed E-state index contributed by atoms with van der Waals surface area (Å²) in [6, 6.07) is 0. The van der Waals surface area contributed by atoms with Crippen molar-refractivity contribution in [2.75, 3.05) is 0 Å². The number of carbonyl (C=O) groups excluding carboxylic acids is 1. The van der Waals surface area contributed by atoms with Crippen LogP contribution in [0.25, 0.3) is 0 Å². The minimum absolute atomic E-state index is 0.101. The maximum Gasteiger partial charge on any atom is 0.176 e. The van der Waals surface area contributed by atoms with Crippen LogP contribution in [0, 0.1) is 5.92 Å². The van der Waals surface area contributed by atoms with Gasteiger partial charge >= 0.3 is 0 Å². The number of hydrogen-bond donors (Lipinski definition) is 0. The quantitative estimate of drug-likeness (QED) is 0.750. The van der Waals surface area contributed by atoms with Crippen LogP contribution in [0.5, 0.6) is 0 Å². The zero-order chi connectivity index (χ0) is 13.1. The second-order valence-electron chi connectivity index (χ2n) is 5.91. The Morgan fingerprint density at radius 1 is 1.35 bits per heavy atom. The molecule has 0 amide bonds. The molecule has 0 N–H and O–H groups in total. The fraction of sp³-hybridized carbons (Fsp3) is 0.769. The van der Waals surface area contributed by atoms with Crippen molar-refractivity contribution < 1.29 is 4.79 Å². The van der Waals surface area contributed by atoms with Crippen molar-refractivity contribution in [1.29, 1.82) is 0 Å². The lowest BCUT2D eigenvalue weighted by molar-refractivity contribution is 0.0980. The number of hydrogen-bond acceptors (Lipinski definition) is 4. The largest absolute Gasteiger partial charge is 0.293 e. The van der Waals surface area contributed by atoms with Gasteiger partial charge in [0, 0.05) is 11.8 Å². The number of rotatable bonds is 5. The molecule has 96 valence electrons. The normalized spacial score (nSPS) is 12.1. The molecule has 0 aliphatic heterocycles. The topological polar surface area (TPSA) is 42.9 Å². The van der Waals surface area contributed by atoms with E-state index in [2.05, 4.69) is 44.2 Å². The van der Waals surface area contributed by atoms with E-state index in [0.717, 1.165) is 23.4 Å². The molecular formula is C13H22N2OS. The van der Waals surface area contributed by atoms with Crippen LogP contribution in [0.15, 0.2) is 0 Å². The fourth-order valence-electron chi connectivity index (χ4n) is 1.65. The van der Waals surface area contributed by atoms with Crippen molar-refractivity contribution >= 4 is 17.3 Å². The molecule has 1 heterocycles. The number of carbonyl (C=O) groups is 1. The molecule has 0 aromatic carbocycles. The Morgan fingerprint density at radius 2 is 2.00 bits per heavy atom. The summed E-state index contributed by atoms with van der Waals surface area (Å²) in [6.45, 7) is 10.6. The van der Waals surface area contributed by atoms with Crippen LogP contribution in [-0.2, 0) is 5.41 Å². The first kappa shape index (κ1) is 14.3. The first-order valence-electron chi connectivity index (χ1n) is 6.18. The standard InChI is InChI=1S/C13H22N2OS/c1-9(2)7-6-8-10(16)11-12(13(3,4)5)14-15-17-11/h9H,6-8H2,1-5H3. The van der Waals surface area contributed by atoms with E-state index >= 15 is 0 Å². The zero-order valence-corrected chi connectivity index (χ0v) is 12.2. The molecule has 0 saturated heterocycles. The highest BCUT2D eigenvalue weighted by Gasteiger charge is 2.25. The number of ketones is 1. The molecule has 4 heteroatoms. The second kappa shape index (κ2) is 5.71. The Kier molecular flexibility index (Phi) is 4.80. The zero-order valence-electron chi connectivity index (χ0n) is 11.4. The summed E-state index contributed by atoms with van der Waals surface area (Å²) in [5.74, 6) is 0.857. The Balaban J connectivity index is 2.67. The summed E-state index contributed by atoms with van der Waals surface area (Å²) in [5.41, 5.74) is 0.743. The molecular weight excluding hydrogens is 232 g/mol. The smallest absolute Gasteiger partial charge is 0.176 e. The van der Waals surface area contributed by atoms with E-state index in [1.54, 1.807) is 0 Å². The van der Waals surface area contributed by atoms with Gasteiger partial charge in [-0.15, -0.1) is 5.10 Å². The van der Waals surface area contributed by atoms with E-state index in [1.165, 1.54) is 11.5 Å². The van der Waals surface area contributed by atoms with Gasteiger partial charge in [0.05, 0.1) is 5.69 Å². The van der Waals surface area contributed by atoms with Crippen molar-refractivity contribution in [1.82, 2.24) is 9.59 Å². The molecule has 17 heavy (non-hydrogen) atoms. The SMILES string of the molecule is CC(C)CCCC(=O)c1snnc1C(C)(C)C. The number of aromatic nitrogens is 2. The molecule has 0 fully saturated rings. The molecule has 0 spiro atoms. The minimum atomic E-state index is -0.101. The van der Waals surface area contributed by atoms with E-state index in [0.29, 0.717) is 12.3 Å². The van der Waals surface area contributed by atoms with Gasteiger partial charge in [-0.3, -0.25) is 4.79 Å². The highest BCUT2D eigenvalue weighted by Crippen LogP contribution is 2.27. The lowest BCUT2D eigenvalue weighted by atomic mass is 9.90. The van der Waals surface area contributed by atoms with E-state index in [9.17, 15) is 4.79 Å². The maximum atomic E-state index is 12.1. The molecule has 0 aliphatic carbocycles. The third-order valence-electron chi connectivity index (χ3n) is 2.64. The lowest BCUT2D eigenvalue weighted by Gasteiger charge is -2.15. The molecule has 1 aromatic rings. The van der Waals surface area contributed by atoms with Gasteiger partial charge in [-0.05, 0) is 23.9 Å². The molecule has 3 nitrogen and oxygen atoms in total. The average molecular weight is 254 g/mol. The average Bonchev–Trinajstić information content (AvgIpc) is 2.64. The number of Topliss-reactive ketones (excluding diaryl/α,β-unsaturated/α-hetero) is 1. The van der Waals surface area contributed by atoms with Gasteiger partial charge < -0.3 is 0 Å². The van der Waals surface area contributed by atoms with Crippen LogP contribution in [0.2, 0.25) is 0 Å². The van der Waals surface area contributed by atoms with Crippen LogP contribution >= 0.6 is 11.5 Å². The lowest BCUT2D eigenvalue weighted by Crippen LogP contribution is -2.16. The first-order valence-corrected chi connectivity index (χ1v) is 6.95. The van der Waals surface area contributed by atoms with E-state index in [4.69, 9.17) is 0 Å². The first-order chi connectivity index (χ1) is 7.82. The fourth-order valence-corrected chi connectivity index (χ4v) is 2.49. The summed E-state index contributed by atoms with van der Waals surface area (Å²) in [4.78, 5) is 12.8. The summed E-state index contributed by atoms with van der Waals surface area (Å²) in [6.07, 6.45) is 2.67. The summed E-state index contributed by atoms with van der Waals surface area (Å²) in [7, 11) is 0. The van der Waals surface area contributed by atoms with Crippen LogP contribution in [0.3, 0.4) is 0 Å². The van der Waals surface area contributed by atoms with Crippen molar-refractivity contribution in [3.63, 3.8) is 0 Å². The van der Waals surface area contributed by atoms with Crippen LogP contribution in [-0.4, -0.2) is 15.4 Å². The summed E-state index contributed by atoms with van der Waals surface area (Å²) >= 11 is 1.23. The van der Waals surface area contributed by atoms with Crippen LogP contribution in [0.4, 0.5) is 0 Å². The van der Waals surface area contributed by atoms with Gasteiger partial charge in [0.2, 0.25) is 0 Å².